The summed E-state index contributed by atoms with van der Waals surface area (Å²) in [4.78, 5) is 21.9. The van der Waals surface area contributed by atoms with E-state index in [9.17, 15) is 9.59 Å². The molecule has 0 aromatic heterocycles. The van der Waals surface area contributed by atoms with E-state index < -0.39 is 22.8 Å². The highest BCUT2D eigenvalue weighted by Gasteiger charge is 2.26. The molecule has 0 atom stereocenters. The molecule has 134 valence electrons. The zero-order valence-corrected chi connectivity index (χ0v) is 15.2. The van der Waals surface area contributed by atoms with Gasteiger partial charge in [-0.25, -0.2) is 0 Å². The first kappa shape index (κ1) is 21.7. The van der Waals surface area contributed by atoms with Crippen molar-refractivity contribution in [1.82, 2.24) is 0 Å². The van der Waals surface area contributed by atoms with E-state index >= 15 is 0 Å². The van der Waals surface area contributed by atoms with Crippen molar-refractivity contribution in [3.05, 3.63) is 12.2 Å². The maximum atomic E-state index is 11.0. The first-order valence-electron chi connectivity index (χ1n) is 8.71. The highest BCUT2D eigenvalue weighted by molar-refractivity contribution is 5.73. The van der Waals surface area contributed by atoms with Gasteiger partial charge in [0.2, 0.25) is 0 Å². The molecular formula is C19H34O4. The summed E-state index contributed by atoms with van der Waals surface area (Å²) in [5.41, 5.74) is -1.23. The predicted octanol–water partition coefficient (Wildman–Crippen LogP) is 5.28. The van der Waals surface area contributed by atoms with E-state index in [0.717, 1.165) is 57.8 Å². The maximum absolute atomic E-state index is 11.0. The van der Waals surface area contributed by atoms with E-state index in [1.165, 1.54) is 0 Å². The number of carboxylic acids is 2. The fourth-order valence-electron chi connectivity index (χ4n) is 2.28. The van der Waals surface area contributed by atoms with Crippen molar-refractivity contribution >= 4 is 11.9 Å². The van der Waals surface area contributed by atoms with Gasteiger partial charge in [-0.05, 0) is 66.2 Å². The summed E-state index contributed by atoms with van der Waals surface area (Å²) in [6.45, 7) is 7.11. The number of carbonyl (C=O) groups is 2. The fraction of sp³-hybridized carbons (Fsp3) is 0.789. The molecule has 0 fully saturated rings. The molecule has 23 heavy (non-hydrogen) atoms. The standard InChI is InChI=1S/C19H34O4/c1-18(2,16(20)21)14-12-10-8-6-5-7-9-11-13-15-19(3,4)17(22)23/h5-6H,7-15H2,1-4H3,(H,20,21)(H,22,23)/b6-5-. The van der Waals surface area contributed by atoms with Crippen molar-refractivity contribution in [3.63, 3.8) is 0 Å². The van der Waals surface area contributed by atoms with Crippen LogP contribution in [-0.2, 0) is 9.59 Å². The summed E-state index contributed by atoms with van der Waals surface area (Å²) in [7, 11) is 0. The van der Waals surface area contributed by atoms with E-state index in [2.05, 4.69) is 12.2 Å². The highest BCUT2D eigenvalue weighted by Crippen LogP contribution is 2.24. The molecule has 0 spiro atoms. The van der Waals surface area contributed by atoms with Gasteiger partial charge in [-0.15, -0.1) is 0 Å². The molecule has 0 aliphatic carbocycles. The van der Waals surface area contributed by atoms with Gasteiger partial charge in [-0.2, -0.15) is 0 Å². The summed E-state index contributed by atoms with van der Waals surface area (Å²) < 4.78 is 0. The molecule has 0 heterocycles. The van der Waals surface area contributed by atoms with Gasteiger partial charge in [0.15, 0.2) is 0 Å². The van der Waals surface area contributed by atoms with Crippen molar-refractivity contribution in [3.8, 4) is 0 Å². The Morgan fingerprint density at radius 2 is 1.04 bits per heavy atom. The largest absolute Gasteiger partial charge is 0.481 e. The third-order valence-electron chi connectivity index (χ3n) is 4.42. The quantitative estimate of drug-likeness (QED) is 0.357. The van der Waals surface area contributed by atoms with Crippen LogP contribution in [0.25, 0.3) is 0 Å². The third kappa shape index (κ3) is 10.1. The van der Waals surface area contributed by atoms with E-state index in [1.807, 2.05) is 0 Å². The van der Waals surface area contributed by atoms with E-state index in [0.29, 0.717) is 0 Å². The average molecular weight is 326 g/mol. The number of hydrogen-bond acceptors (Lipinski definition) is 2. The smallest absolute Gasteiger partial charge is 0.309 e. The molecule has 0 saturated carbocycles. The Balaban J connectivity index is 3.56. The van der Waals surface area contributed by atoms with E-state index in [-0.39, 0.29) is 0 Å². The number of unbranched alkanes of at least 4 members (excludes halogenated alkanes) is 5. The number of hydrogen-bond donors (Lipinski definition) is 2. The number of rotatable bonds is 13. The van der Waals surface area contributed by atoms with Crippen LogP contribution in [0.1, 0.15) is 85.5 Å². The second-order valence-corrected chi connectivity index (χ2v) is 7.69. The van der Waals surface area contributed by atoms with Crippen LogP contribution in [-0.4, -0.2) is 22.2 Å². The zero-order chi connectivity index (χ0) is 17.9. The van der Waals surface area contributed by atoms with Crippen LogP contribution in [0.4, 0.5) is 0 Å². The molecular weight excluding hydrogens is 292 g/mol. The van der Waals surface area contributed by atoms with Gasteiger partial charge in [0.1, 0.15) is 0 Å². The van der Waals surface area contributed by atoms with Crippen LogP contribution in [0.5, 0.6) is 0 Å². The molecule has 0 aromatic carbocycles. The van der Waals surface area contributed by atoms with Crippen LogP contribution in [0.3, 0.4) is 0 Å². The molecule has 4 heteroatoms. The second kappa shape index (κ2) is 10.5. The highest BCUT2D eigenvalue weighted by atomic mass is 16.4. The molecule has 0 bridgehead atoms. The Morgan fingerprint density at radius 1 is 0.696 bits per heavy atom. The maximum Gasteiger partial charge on any atom is 0.309 e. The first-order chi connectivity index (χ1) is 10.6. The molecule has 0 unspecified atom stereocenters. The van der Waals surface area contributed by atoms with Crippen molar-refractivity contribution in [2.75, 3.05) is 0 Å². The van der Waals surface area contributed by atoms with Gasteiger partial charge in [-0.1, -0.05) is 31.4 Å². The van der Waals surface area contributed by atoms with Gasteiger partial charge in [-0.3, -0.25) is 9.59 Å². The van der Waals surface area contributed by atoms with Crippen molar-refractivity contribution < 1.29 is 19.8 Å². The summed E-state index contributed by atoms with van der Waals surface area (Å²) in [5, 5.41) is 18.0. The monoisotopic (exact) mass is 326 g/mol. The lowest BCUT2D eigenvalue weighted by Crippen LogP contribution is -2.23. The van der Waals surface area contributed by atoms with Gasteiger partial charge < -0.3 is 10.2 Å². The minimum absolute atomic E-state index is 0.612. The minimum Gasteiger partial charge on any atom is -0.481 e. The first-order valence-corrected chi connectivity index (χ1v) is 8.71. The van der Waals surface area contributed by atoms with E-state index in [1.54, 1.807) is 27.7 Å². The van der Waals surface area contributed by atoms with Gasteiger partial charge in [0.05, 0.1) is 10.8 Å². The van der Waals surface area contributed by atoms with Crippen LogP contribution < -0.4 is 0 Å². The molecule has 0 amide bonds. The van der Waals surface area contributed by atoms with Crippen LogP contribution in [0.15, 0.2) is 12.2 Å². The lowest BCUT2D eigenvalue weighted by Gasteiger charge is -2.18. The molecule has 0 aliphatic heterocycles. The topological polar surface area (TPSA) is 74.6 Å². The molecule has 4 nitrogen and oxygen atoms in total. The fourth-order valence-corrected chi connectivity index (χ4v) is 2.28. The van der Waals surface area contributed by atoms with Crippen LogP contribution >= 0.6 is 0 Å². The molecule has 2 N–H and O–H groups in total. The Bertz CT molecular complexity index is 394. The summed E-state index contributed by atoms with van der Waals surface area (Å²) in [5.74, 6) is -1.44. The number of aliphatic carboxylic acids is 2. The van der Waals surface area contributed by atoms with Crippen LogP contribution in [0.2, 0.25) is 0 Å². The molecule has 0 aliphatic rings. The Morgan fingerprint density at radius 3 is 1.43 bits per heavy atom. The predicted molar refractivity (Wildman–Crippen MR) is 93.5 cm³/mol. The summed E-state index contributed by atoms with van der Waals surface area (Å²) in [6, 6.07) is 0. The number of allylic oxidation sites excluding steroid dienone is 2. The molecule has 0 radical (unpaired) electrons. The van der Waals surface area contributed by atoms with Gasteiger partial charge in [0, 0.05) is 0 Å². The molecule has 0 rings (SSSR count). The van der Waals surface area contributed by atoms with E-state index in [4.69, 9.17) is 10.2 Å². The van der Waals surface area contributed by atoms with Crippen molar-refractivity contribution in [2.24, 2.45) is 10.8 Å². The van der Waals surface area contributed by atoms with Crippen LogP contribution in [0, 0.1) is 10.8 Å². The molecule has 0 aromatic rings. The van der Waals surface area contributed by atoms with Gasteiger partial charge >= 0.3 is 11.9 Å². The summed E-state index contributed by atoms with van der Waals surface area (Å²) >= 11 is 0. The normalized spacial score (nSPS) is 12.7. The summed E-state index contributed by atoms with van der Waals surface area (Å²) in [6.07, 6.45) is 12.9. The SMILES string of the molecule is CC(C)(CCCC/C=C\CCCCCC(C)(C)C(=O)O)C(=O)O. The van der Waals surface area contributed by atoms with Crippen molar-refractivity contribution in [2.45, 2.75) is 85.5 Å². The second-order valence-electron chi connectivity index (χ2n) is 7.69. The molecule has 0 saturated heterocycles. The third-order valence-corrected chi connectivity index (χ3v) is 4.42. The minimum atomic E-state index is -0.723. The lowest BCUT2D eigenvalue weighted by atomic mass is 9.87. The number of carboxylic acid groups (broad SMARTS) is 2. The Labute approximate surface area is 141 Å². The lowest BCUT2D eigenvalue weighted by molar-refractivity contribution is -0.148. The zero-order valence-electron chi connectivity index (χ0n) is 15.2. The Hall–Kier alpha value is -1.32. The Kier molecular flexibility index (Phi) is 9.85. The average Bonchev–Trinajstić information content (AvgIpc) is 2.44. The van der Waals surface area contributed by atoms with Crippen molar-refractivity contribution in [1.29, 1.82) is 0 Å². The van der Waals surface area contributed by atoms with Gasteiger partial charge in [0.25, 0.3) is 0 Å².